The number of benzene rings is 1. The second-order valence-corrected chi connectivity index (χ2v) is 9.07. The van der Waals surface area contributed by atoms with Crippen LogP contribution in [0.5, 0.6) is 5.75 Å². The van der Waals surface area contributed by atoms with Crippen molar-refractivity contribution in [2.75, 3.05) is 44.3 Å². The van der Waals surface area contributed by atoms with Crippen molar-refractivity contribution in [3.05, 3.63) is 59.9 Å². The van der Waals surface area contributed by atoms with E-state index in [9.17, 15) is 4.79 Å². The van der Waals surface area contributed by atoms with Crippen molar-refractivity contribution in [1.82, 2.24) is 14.8 Å². The van der Waals surface area contributed by atoms with Crippen molar-refractivity contribution in [3.63, 3.8) is 0 Å². The van der Waals surface area contributed by atoms with Crippen LogP contribution < -0.4 is 4.74 Å². The third kappa shape index (κ3) is 5.73. The average Bonchev–Trinajstić information content (AvgIpc) is 2.80. The van der Waals surface area contributed by atoms with Crippen LogP contribution in [0.3, 0.4) is 0 Å². The number of aromatic nitrogens is 1. The number of likely N-dealkylation sites (tertiary alicyclic amines) is 1. The molecule has 5 nitrogen and oxygen atoms in total. The Kier molecular flexibility index (Phi) is 7.06. The van der Waals surface area contributed by atoms with Gasteiger partial charge in [0.1, 0.15) is 5.75 Å². The van der Waals surface area contributed by atoms with Crippen molar-refractivity contribution >= 4 is 17.7 Å². The minimum atomic E-state index is 0.0725. The number of carbonyl (C=O) groups excluding carboxylic acids is 1. The molecule has 0 N–H and O–H groups in total. The van der Waals surface area contributed by atoms with Crippen LogP contribution in [0, 0.1) is 5.92 Å². The molecule has 2 aromatic rings. The Morgan fingerprint density at radius 1 is 1.14 bits per heavy atom. The first-order valence-electron chi connectivity index (χ1n) is 10.5. The third-order valence-corrected chi connectivity index (χ3v) is 6.58. The van der Waals surface area contributed by atoms with Crippen LogP contribution in [0.4, 0.5) is 0 Å². The molecule has 1 aromatic heterocycles. The van der Waals surface area contributed by atoms with Crippen LogP contribution in [0.15, 0.2) is 48.8 Å². The molecule has 0 spiro atoms. The molecule has 2 fully saturated rings. The van der Waals surface area contributed by atoms with Gasteiger partial charge in [-0.1, -0.05) is 12.1 Å². The summed E-state index contributed by atoms with van der Waals surface area (Å²) in [6.07, 6.45) is 5.46. The van der Waals surface area contributed by atoms with Gasteiger partial charge >= 0.3 is 0 Å². The molecule has 1 aromatic carbocycles. The van der Waals surface area contributed by atoms with Gasteiger partial charge in [0, 0.05) is 62.5 Å². The Balaban J connectivity index is 1.25. The van der Waals surface area contributed by atoms with E-state index in [0.717, 1.165) is 38.2 Å². The summed E-state index contributed by atoms with van der Waals surface area (Å²) in [5.74, 6) is 3.84. The number of amides is 1. The highest BCUT2D eigenvalue weighted by Crippen LogP contribution is 2.21. The van der Waals surface area contributed by atoms with Crippen LogP contribution >= 0.6 is 11.8 Å². The summed E-state index contributed by atoms with van der Waals surface area (Å²) < 4.78 is 6.06. The van der Waals surface area contributed by atoms with Gasteiger partial charge in [0.05, 0.1) is 12.2 Å². The maximum absolute atomic E-state index is 12.7. The van der Waals surface area contributed by atoms with Gasteiger partial charge in [-0.3, -0.25) is 14.7 Å². The Bertz CT molecular complexity index is 778. The highest BCUT2D eigenvalue weighted by Gasteiger charge is 2.25. The van der Waals surface area contributed by atoms with Crippen molar-refractivity contribution in [3.8, 4) is 5.75 Å². The summed E-state index contributed by atoms with van der Waals surface area (Å²) in [5.41, 5.74) is 2.01. The molecular formula is C23H29N3O2S. The quantitative estimate of drug-likeness (QED) is 0.727. The van der Waals surface area contributed by atoms with Crippen molar-refractivity contribution in [2.45, 2.75) is 19.4 Å². The molecule has 1 amide bonds. The summed E-state index contributed by atoms with van der Waals surface area (Å²) in [5, 5.41) is 0. The third-order valence-electron chi connectivity index (χ3n) is 5.63. The molecule has 29 heavy (non-hydrogen) atoms. The molecule has 0 aliphatic carbocycles. The average molecular weight is 412 g/mol. The van der Waals surface area contributed by atoms with Gasteiger partial charge < -0.3 is 9.64 Å². The van der Waals surface area contributed by atoms with E-state index in [1.54, 1.807) is 12.4 Å². The first-order chi connectivity index (χ1) is 14.3. The Labute approximate surface area is 177 Å². The highest BCUT2D eigenvalue weighted by atomic mass is 32.2. The van der Waals surface area contributed by atoms with Crippen molar-refractivity contribution < 1.29 is 9.53 Å². The predicted octanol–water partition coefficient (Wildman–Crippen LogP) is 3.56. The van der Waals surface area contributed by atoms with E-state index in [4.69, 9.17) is 4.74 Å². The van der Waals surface area contributed by atoms with E-state index < -0.39 is 0 Å². The summed E-state index contributed by atoms with van der Waals surface area (Å²) in [7, 11) is 0. The molecule has 2 saturated heterocycles. The maximum Gasteiger partial charge on any atom is 0.255 e. The normalized spacial score (nSPS) is 20.4. The van der Waals surface area contributed by atoms with Crippen LogP contribution in [0.1, 0.15) is 28.8 Å². The number of nitrogens with zero attached hydrogens (tertiary/aromatic N) is 3. The fraction of sp³-hybridized carbons (Fsp3) is 0.478. The highest BCUT2D eigenvalue weighted by molar-refractivity contribution is 7.99. The Hall–Kier alpha value is -2.05. The van der Waals surface area contributed by atoms with Crippen LogP contribution in [0.2, 0.25) is 0 Å². The molecule has 2 aliphatic rings. The zero-order valence-corrected chi connectivity index (χ0v) is 17.7. The molecular weight excluding hydrogens is 382 g/mol. The lowest BCUT2D eigenvalue weighted by Crippen LogP contribution is -2.41. The number of ether oxygens (including phenoxy) is 1. The summed E-state index contributed by atoms with van der Waals surface area (Å²) in [4.78, 5) is 21.2. The van der Waals surface area contributed by atoms with E-state index >= 15 is 0 Å². The van der Waals surface area contributed by atoms with E-state index in [0.29, 0.717) is 18.1 Å². The lowest BCUT2D eigenvalue weighted by Gasteiger charge is -2.32. The smallest absolute Gasteiger partial charge is 0.255 e. The van der Waals surface area contributed by atoms with Crippen molar-refractivity contribution in [2.24, 2.45) is 5.92 Å². The first-order valence-corrected chi connectivity index (χ1v) is 11.6. The molecule has 0 saturated carbocycles. The fourth-order valence-electron chi connectivity index (χ4n) is 3.98. The molecule has 1 unspecified atom stereocenters. The molecule has 154 valence electrons. The lowest BCUT2D eigenvalue weighted by atomic mass is 9.98. The van der Waals surface area contributed by atoms with Gasteiger partial charge in [0.15, 0.2) is 0 Å². The SMILES string of the molecule is O=C(c1cccnc1)N1CCCC(COc2ccc(CN3CCSCC3)cc2)C1. The molecule has 3 heterocycles. The van der Waals surface area contributed by atoms with E-state index in [1.807, 2.05) is 28.8 Å². The summed E-state index contributed by atoms with van der Waals surface area (Å²) in [6, 6.07) is 12.2. The molecule has 0 radical (unpaired) electrons. The predicted molar refractivity (Wildman–Crippen MR) is 117 cm³/mol. The Morgan fingerprint density at radius 2 is 1.97 bits per heavy atom. The van der Waals surface area contributed by atoms with Crippen molar-refractivity contribution in [1.29, 1.82) is 0 Å². The fourth-order valence-corrected chi connectivity index (χ4v) is 4.96. The van der Waals surface area contributed by atoms with E-state index in [2.05, 4.69) is 34.1 Å². The van der Waals surface area contributed by atoms with Gasteiger partial charge in [-0.15, -0.1) is 0 Å². The van der Waals surface area contributed by atoms with Crippen LogP contribution in [-0.2, 0) is 6.54 Å². The topological polar surface area (TPSA) is 45.7 Å². The van der Waals surface area contributed by atoms with Gasteiger partial charge in [-0.2, -0.15) is 11.8 Å². The second-order valence-electron chi connectivity index (χ2n) is 7.84. The maximum atomic E-state index is 12.7. The number of thioether (sulfide) groups is 1. The summed E-state index contributed by atoms with van der Waals surface area (Å²) in [6.45, 7) is 5.60. The molecule has 4 rings (SSSR count). The minimum absolute atomic E-state index is 0.0725. The molecule has 6 heteroatoms. The number of carbonyl (C=O) groups is 1. The van der Waals surface area contributed by atoms with Gasteiger partial charge in [0.25, 0.3) is 5.91 Å². The number of rotatable bonds is 6. The molecule has 0 bridgehead atoms. The second kappa shape index (κ2) is 10.1. The minimum Gasteiger partial charge on any atom is -0.493 e. The molecule has 2 aliphatic heterocycles. The van der Waals surface area contributed by atoms with Gasteiger partial charge in [-0.25, -0.2) is 0 Å². The number of hydrogen-bond donors (Lipinski definition) is 0. The first kappa shape index (κ1) is 20.2. The van der Waals surface area contributed by atoms with Gasteiger partial charge in [0.2, 0.25) is 0 Å². The number of pyridine rings is 1. The lowest BCUT2D eigenvalue weighted by molar-refractivity contribution is 0.0633. The van der Waals surface area contributed by atoms with Crippen LogP contribution in [0.25, 0.3) is 0 Å². The van der Waals surface area contributed by atoms with Crippen LogP contribution in [-0.4, -0.2) is 65.0 Å². The zero-order chi connectivity index (χ0) is 19.9. The monoisotopic (exact) mass is 411 g/mol. The Morgan fingerprint density at radius 3 is 2.72 bits per heavy atom. The van der Waals surface area contributed by atoms with E-state index in [-0.39, 0.29) is 5.91 Å². The van der Waals surface area contributed by atoms with Gasteiger partial charge in [-0.05, 0) is 42.7 Å². The van der Waals surface area contributed by atoms with E-state index in [1.165, 1.54) is 30.2 Å². The number of piperidine rings is 1. The standard InChI is InChI=1S/C23H29N3O2S/c27-23(21-4-1-9-24-15-21)26-10-2-3-20(17-26)18-28-22-7-5-19(6-8-22)16-25-11-13-29-14-12-25/h1,4-9,15,20H,2-3,10-14,16-18H2. The zero-order valence-electron chi connectivity index (χ0n) is 16.8. The number of hydrogen-bond acceptors (Lipinski definition) is 5. The largest absolute Gasteiger partial charge is 0.493 e. The summed E-state index contributed by atoms with van der Waals surface area (Å²) >= 11 is 2.04. The molecule has 1 atom stereocenters.